The second-order valence-electron chi connectivity index (χ2n) is 7.01. The van der Waals surface area contributed by atoms with Crippen molar-refractivity contribution < 1.29 is 22.8 Å². The van der Waals surface area contributed by atoms with Crippen molar-refractivity contribution in [2.24, 2.45) is 0 Å². The predicted molar refractivity (Wildman–Crippen MR) is 117 cm³/mol. The molecule has 0 spiro atoms. The summed E-state index contributed by atoms with van der Waals surface area (Å²) in [4.78, 5) is 37.1. The molecule has 3 rings (SSSR count). The van der Waals surface area contributed by atoms with Gasteiger partial charge in [0, 0.05) is 37.1 Å². The van der Waals surface area contributed by atoms with Crippen LogP contribution in [0.4, 0.5) is 5.69 Å². The maximum Gasteiger partial charge on any atom is 0.243 e. The SMILES string of the molecule is CC(=O)Nc1ccc(S(=O)(=O)N2CCNC(=O)[C@H]2CC(=O)NCCc2cccs2)cc1. The lowest BCUT2D eigenvalue weighted by Crippen LogP contribution is -2.58. The number of amides is 3. The predicted octanol–water partition coefficient (Wildman–Crippen LogP) is 0.945. The van der Waals surface area contributed by atoms with Gasteiger partial charge < -0.3 is 16.0 Å². The van der Waals surface area contributed by atoms with Crippen molar-refractivity contribution in [1.82, 2.24) is 14.9 Å². The van der Waals surface area contributed by atoms with Crippen molar-refractivity contribution in [3.8, 4) is 0 Å². The number of carbonyl (C=O) groups excluding carboxylic acids is 3. The molecule has 1 aliphatic rings. The maximum atomic E-state index is 13.2. The Morgan fingerprint density at radius 3 is 2.61 bits per heavy atom. The molecule has 0 bridgehead atoms. The van der Waals surface area contributed by atoms with E-state index in [0.29, 0.717) is 18.7 Å². The summed E-state index contributed by atoms with van der Waals surface area (Å²) in [5.74, 6) is -1.16. The number of sulfonamides is 1. The number of benzene rings is 1. The van der Waals surface area contributed by atoms with Crippen LogP contribution in [0.15, 0.2) is 46.7 Å². The van der Waals surface area contributed by atoms with Gasteiger partial charge in [0.05, 0.1) is 11.3 Å². The van der Waals surface area contributed by atoms with E-state index in [1.165, 1.54) is 31.2 Å². The molecule has 0 aliphatic carbocycles. The third-order valence-corrected chi connectivity index (χ3v) is 7.57. The lowest BCUT2D eigenvalue weighted by atomic mass is 10.1. The zero-order chi connectivity index (χ0) is 22.4. The normalized spacial score (nSPS) is 17.1. The summed E-state index contributed by atoms with van der Waals surface area (Å²) in [6, 6.07) is 8.46. The molecule has 11 heteroatoms. The van der Waals surface area contributed by atoms with Gasteiger partial charge in [0.1, 0.15) is 6.04 Å². The Morgan fingerprint density at radius 2 is 1.97 bits per heavy atom. The summed E-state index contributed by atoms with van der Waals surface area (Å²) in [6.07, 6.45) is 0.405. The molecule has 1 atom stereocenters. The first kappa shape index (κ1) is 22.9. The van der Waals surface area contributed by atoms with Gasteiger partial charge in [-0.15, -0.1) is 11.3 Å². The fourth-order valence-corrected chi connectivity index (χ4v) is 5.55. The molecule has 1 fully saturated rings. The summed E-state index contributed by atoms with van der Waals surface area (Å²) < 4.78 is 27.4. The van der Waals surface area contributed by atoms with E-state index in [1.807, 2.05) is 17.5 Å². The lowest BCUT2D eigenvalue weighted by Gasteiger charge is -2.33. The topological polar surface area (TPSA) is 125 Å². The number of nitrogens with one attached hydrogen (secondary N) is 3. The molecule has 1 saturated heterocycles. The molecule has 9 nitrogen and oxygen atoms in total. The number of piperazine rings is 1. The van der Waals surface area contributed by atoms with Crippen LogP contribution in [0, 0.1) is 0 Å². The molecular weight excluding hydrogens is 440 g/mol. The summed E-state index contributed by atoms with van der Waals surface area (Å²) in [7, 11) is -4.01. The highest BCUT2D eigenvalue weighted by atomic mass is 32.2. The summed E-state index contributed by atoms with van der Waals surface area (Å²) in [5.41, 5.74) is 0.463. The molecule has 2 heterocycles. The van der Waals surface area contributed by atoms with Gasteiger partial charge >= 0.3 is 0 Å². The highest BCUT2D eigenvalue weighted by Gasteiger charge is 2.39. The molecule has 3 N–H and O–H groups in total. The fourth-order valence-electron chi connectivity index (χ4n) is 3.25. The van der Waals surface area contributed by atoms with Crippen molar-refractivity contribution in [2.45, 2.75) is 30.7 Å². The molecule has 0 unspecified atom stereocenters. The van der Waals surface area contributed by atoms with Crippen molar-refractivity contribution >= 4 is 44.8 Å². The Kier molecular flexibility index (Phi) is 7.42. The number of hydrogen-bond acceptors (Lipinski definition) is 6. The molecule has 2 aromatic rings. The zero-order valence-corrected chi connectivity index (χ0v) is 18.6. The Balaban J connectivity index is 1.69. The Labute approximate surface area is 184 Å². The highest BCUT2D eigenvalue weighted by Crippen LogP contribution is 2.23. The molecule has 1 aromatic heterocycles. The molecule has 1 aromatic carbocycles. The summed E-state index contributed by atoms with van der Waals surface area (Å²) in [6.45, 7) is 1.99. The minimum Gasteiger partial charge on any atom is -0.356 e. The Bertz CT molecular complexity index is 1040. The number of anilines is 1. The van der Waals surface area contributed by atoms with Gasteiger partial charge in [-0.25, -0.2) is 8.42 Å². The second kappa shape index (κ2) is 10.0. The zero-order valence-electron chi connectivity index (χ0n) is 17.0. The van der Waals surface area contributed by atoms with Crippen LogP contribution in [0.2, 0.25) is 0 Å². The van der Waals surface area contributed by atoms with Crippen LogP contribution >= 0.6 is 11.3 Å². The van der Waals surface area contributed by atoms with Gasteiger partial charge in [-0.05, 0) is 42.1 Å². The highest BCUT2D eigenvalue weighted by molar-refractivity contribution is 7.89. The van der Waals surface area contributed by atoms with E-state index in [4.69, 9.17) is 0 Å². The average Bonchev–Trinajstić information content (AvgIpc) is 3.23. The van der Waals surface area contributed by atoms with Crippen LogP contribution in [0.5, 0.6) is 0 Å². The van der Waals surface area contributed by atoms with Crippen molar-refractivity contribution in [3.05, 3.63) is 46.7 Å². The van der Waals surface area contributed by atoms with Crippen LogP contribution in [-0.4, -0.2) is 56.1 Å². The first-order valence-electron chi connectivity index (χ1n) is 9.73. The molecule has 0 saturated carbocycles. The number of nitrogens with zero attached hydrogens (tertiary/aromatic N) is 1. The second-order valence-corrected chi connectivity index (χ2v) is 9.93. The average molecular weight is 465 g/mol. The molecule has 1 aliphatic heterocycles. The first-order valence-corrected chi connectivity index (χ1v) is 12.1. The third kappa shape index (κ3) is 5.90. The lowest BCUT2D eigenvalue weighted by molar-refractivity contribution is -0.131. The maximum absolute atomic E-state index is 13.2. The minimum atomic E-state index is -4.01. The van der Waals surface area contributed by atoms with E-state index in [2.05, 4.69) is 16.0 Å². The van der Waals surface area contributed by atoms with Crippen LogP contribution in [0.1, 0.15) is 18.2 Å². The van der Waals surface area contributed by atoms with E-state index < -0.39 is 22.0 Å². The van der Waals surface area contributed by atoms with Crippen LogP contribution in [0.25, 0.3) is 0 Å². The molecular formula is C20H24N4O5S2. The number of hydrogen-bond donors (Lipinski definition) is 3. The van der Waals surface area contributed by atoms with E-state index >= 15 is 0 Å². The minimum absolute atomic E-state index is 0.0144. The molecule has 0 radical (unpaired) electrons. The quantitative estimate of drug-likeness (QED) is 0.536. The van der Waals surface area contributed by atoms with Crippen LogP contribution in [0.3, 0.4) is 0 Å². The van der Waals surface area contributed by atoms with Gasteiger partial charge in [-0.1, -0.05) is 6.07 Å². The van der Waals surface area contributed by atoms with Crippen LogP contribution in [-0.2, 0) is 30.8 Å². The van der Waals surface area contributed by atoms with E-state index in [-0.39, 0.29) is 36.2 Å². The van der Waals surface area contributed by atoms with Gasteiger partial charge in [-0.2, -0.15) is 4.31 Å². The molecule has 3 amide bonds. The monoisotopic (exact) mass is 464 g/mol. The standard InChI is InChI=1S/C20H24N4O5S2/c1-14(25)23-15-4-6-17(7-5-15)31(28,29)24-11-10-22-20(27)18(24)13-19(26)21-9-8-16-3-2-12-30-16/h2-7,12,18H,8-11,13H2,1H3,(H,21,26)(H,22,27)(H,23,25)/t18-/m1/s1. The number of carbonyl (C=O) groups is 3. The summed E-state index contributed by atoms with van der Waals surface area (Å²) in [5, 5.41) is 9.91. The van der Waals surface area contributed by atoms with Crippen molar-refractivity contribution in [3.63, 3.8) is 0 Å². The van der Waals surface area contributed by atoms with Gasteiger partial charge in [-0.3, -0.25) is 14.4 Å². The van der Waals surface area contributed by atoms with Gasteiger partial charge in [0.25, 0.3) is 0 Å². The smallest absolute Gasteiger partial charge is 0.243 e. The van der Waals surface area contributed by atoms with Gasteiger partial charge in [0.15, 0.2) is 0 Å². The number of thiophene rings is 1. The van der Waals surface area contributed by atoms with E-state index in [0.717, 1.165) is 9.18 Å². The van der Waals surface area contributed by atoms with Crippen molar-refractivity contribution in [2.75, 3.05) is 25.0 Å². The Morgan fingerprint density at radius 1 is 1.23 bits per heavy atom. The summed E-state index contributed by atoms with van der Waals surface area (Å²) >= 11 is 1.59. The third-order valence-electron chi connectivity index (χ3n) is 4.72. The largest absolute Gasteiger partial charge is 0.356 e. The van der Waals surface area contributed by atoms with Crippen LogP contribution < -0.4 is 16.0 Å². The Hall–Kier alpha value is -2.76. The molecule has 31 heavy (non-hydrogen) atoms. The van der Waals surface area contributed by atoms with Crippen molar-refractivity contribution in [1.29, 1.82) is 0 Å². The first-order chi connectivity index (χ1) is 14.8. The number of rotatable bonds is 8. The van der Waals surface area contributed by atoms with E-state index in [9.17, 15) is 22.8 Å². The fraction of sp³-hybridized carbons (Fsp3) is 0.350. The van der Waals surface area contributed by atoms with Gasteiger partial charge in [0.2, 0.25) is 27.7 Å². The van der Waals surface area contributed by atoms with E-state index in [1.54, 1.807) is 11.3 Å². The molecule has 166 valence electrons.